The highest BCUT2D eigenvalue weighted by Gasteiger charge is 2.21. The van der Waals surface area contributed by atoms with E-state index >= 15 is 0 Å². The molecule has 0 saturated carbocycles. The first kappa shape index (κ1) is 10.9. The van der Waals surface area contributed by atoms with E-state index in [-0.39, 0.29) is 5.91 Å². The van der Waals surface area contributed by atoms with Crippen molar-refractivity contribution >= 4 is 11.6 Å². The number of pyridine rings is 1. The van der Waals surface area contributed by atoms with Crippen molar-refractivity contribution in [3.05, 3.63) is 24.0 Å². The molecule has 1 aromatic rings. The molecule has 2 heterocycles. The number of hydrogen-bond acceptors (Lipinski definition) is 3. The maximum absolute atomic E-state index is 12.1. The third kappa shape index (κ3) is 2.32. The number of carbonyl (C=O) groups excluding carboxylic acids is 1. The summed E-state index contributed by atoms with van der Waals surface area (Å²) < 4.78 is 0. The summed E-state index contributed by atoms with van der Waals surface area (Å²) in [5.74, 6) is 0.773. The summed E-state index contributed by atoms with van der Waals surface area (Å²) in [4.78, 5) is 17.9. The summed E-state index contributed by atoms with van der Waals surface area (Å²) in [6.07, 6.45) is 5.30. The molecule has 1 aromatic heterocycles. The third-order valence-corrected chi connectivity index (χ3v) is 3.08. The molecular formula is C12H17N3O. The molecule has 16 heavy (non-hydrogen) atoms. The summed E-state index contributed by atoms with van der Waals surface area (Å²) >= 11 is 0. The first-order valence-corrected chi connectivity index (χ1v) is 5.66. The van der Waals surface area contributed by atoms with Gasteiger partial charge in [0.25, 0.3) is 5.91 Å². The van der Waals surface area contributed by atoms with Crippen LogP contribution in [-0.4, -0.2) is 28.9 Å². The lowest BCUT2D eigenvalue weighted by Crippen LogP contribution is -2.37. The number of aromatic nitrogens is 1. The van der Waals surface area contributed by atoms with Crippen molar-refractivity contribution < 1.29 is 4.79 Å². The molecule has 0 atom stereocenters. The maximum Gasteiger partial charge on any atom is 0.255 e. The molecule has 2 N–H and O–H groups in total. The fourth-order valence-electron chi connectivity index (χ4n) is 1.97. The number of likely N-dealkylation sites (tertiary alicyclic amines) is 1. The van der Waals surface area contributed by atoms with Gasteiger partial charge in [-0.3, -0.25) is 9.78 Å². The van der Waals surface area contributed by atoms with Crippen molar-refractivity contribution in [1.82, 2.24) is 9.88 Å². The van der Waals surface area contributed by atoms with Crippen LogP contribution in [0.25, 0.3) is 0 Å². The summed E-state index contributed by atoms with van der Waals surface area (Å²) in [6.45, 7) is 3.91. The van der Waals surface area contributed by atoms with Gasteiger partial charge in [0.1, 0.15) is 0 Å². The highest BCUT2D eigenvalue weighted by molar-refractivity contribution is 5.94. The van der Waals surface area contributed by atoms with Gasteiger partial charge in [0.2, 0.25) is 0 Å². The van der Waals surface area contributed by atoms with Gasteiger partial charge in [-0.25, -0.2) is 0 Å². The predicted molar refractivity (Wildman–Crippen MR) is 63.0 cm³/mol. The molecule has 0 radical (unpaired) electrons. The molecule has 1 aliphatic heterocycles. The maximum atomic E-state index is 12.1. The Morgan fingerprint density at radius 2 is 2.12 bits per heavy atom. The third-order valence-electron chi connectivity index (χ3n) is 3.08. The molecule has 2 rings (SSSR count). The Hall–Kier alpha value is -1.58. The Morgan fingerprint density at radius 1 is 1.44 bits per heavy atom. The van der Waals surface area contributed by atoms with Crippen molar-refractivity contribution in [3.8, 4) is 0 Å². The number of rotatable bonds is 1. The molecule has 0 aliphatic carbocycles. The van der Waals surface area contributed by atoms with Crippen molar-refractivity contribution in [2.24, 2.45) is 5.92 Å². The normalized spacial score (nSPS) is 17.4. The quantitative estimate of drug-likeness (QED) is 0.779. The molecule has 1 aliphatic rings. The van der Waals surface area contributed by atoms with Crippen LogP contribution < -0.4 is 5.73 Å². The van der Waals surface area contributed by atoms with Crippen LogP contribution in [-0.2, 0) is 0 Å². The van der Waals surface area contributed by atoms with Gasteiger partial charge in [-0.1, -0.05) is 6.92 Å². The first-order valence-electron chi connectivity index (χ1n) is 5.66. The molecule has 4 nitrogen and oxygen atoms in total. The number of hydrogen-bond donors (Lipinski definition) is 1. The smallest absolute Gasteiger partial charge is 0.255 e. The van der Waals surface area contributed by atoms with Gasteiger partial charge in [-0.05, 0) is 24.8 Å². The van der Waals surface area contributed by atoms with Crippen molar-refractivity contribution in [2.45, 2.75) is 19.8 Å². The summed E-state index contributed by atoms with van der Waals surface area (Å²) in [5.41, 5.74) is 6.75. The zero-order valence-corrected chi connectivity index (χ0v) is 9.52. The molecular weight excluding hydrogens is 202 g/mol. The molecule has 0 unspecified atom stereocenters. The van der Waals surface area contributed by atoms with Crippen molar-refractivity contribution in [3.63, 3.8) is 0 Å². The number of carbonyl (C=O) groups is 1. The van der Waals surface area contributed by atoms with E-state index in [0.29, 0.717) is 11.3 Å². The molecule has 0 spiro atoms. The second kappa shape index (κ2) is 4.51. The second-order valence-electron chi connectivity index (χ2n) is 4.48. The lowest BCUT2D eigenvalue weighted by Gasteiger charge is -2.30. The predicted octanol–water partition coefficient (Wildman–Crippen LogP) is 1.54. The fourth-order valence-corrected chi connectivity index (χ4v) is 1.97. The van der Waals surface area contributed by atoms with E-state index in [0.717, 1.165) is 31.8 Å². The zero-order chi connectivity index (χ0) is 11.5. The van der Waals surface area contributed by atoms with Crippen LogP contribution >= 0.6 is 0 Å². The Balaban J connectivity index is 2.08. The standard InChI is InChI=1S/C12H17N3O/c1-9-2-4-15(5-3-9)12(16)10-6-11(13)8-14-7-10/h6-9H,2-5,13H2,1H3. The molecule has 1 fully saturated rings. The Labute approximate surface area is 95.5 Å². The van der Waals surface area contributed by atoms with Crippen molar-refractivity contribution in [1.29, 1.82) is 0 Å². The largest absolute Gasteiger partial charge is 0.397 e. The van der Waals surface area contributed by atoms with Crippen LogP contribution in [0.2, 0.25) is 0 Å². The number of piperidine rings is 1. The minimum atomic E-state index is 0.0479. The summed E-state index contributed by atoms with van der Waals surface area (Å²) in [5, 5.41) is 0. The van der Waals surface area contributed by atoms with Gasteiger partial charge in [-0.2, -0.15) is 0 Å². The highest BCUT2D eigenvalue weighted by Crippen LogP contribution is 2.18. The Kier molecular flexibility index (Phi) is 3.08. The molecule has 0 aromatic carbocycles. The molecule has 86 valence electrons. The van der Waals surface area contributed by atoms with E-state index in [9.17, 15) is 4.79 Å². The van der Waals surface area contributed by atoms with Crippen LogP contribution in [0.1, 0.15) is 30.1 Å². The topological polar surface area (TPSA) is 59.2 Å². The van der Waals surface area contributed by atoms with Crippen LogP contribution in [0, 0.1) is 5.92 Å². The van der Waals surface area contributed by atoms with Gasteiger partial charge < -0.3 is 10.6 Å². The number of anilines is 1. The van der Waals surface area contributed by atoms with Gasteiger partial charge in [0.05, 0.1) is 11.3 Å². The number of nitrogens with zero attached hydrogens (tertiary/aromatic N) is 2. The van der Waals surface area contributed by atoms with Crippen molar-refractivity contribution in [2.75, 3.05) is 18.8 Å². The highest BCUT2D eigenvalue weighted by atomic mass is 16.2. The fraction of sp³-hybridized carbons (Fsp3) is 0.500. The van der Waals surface area contributed by atoms with E-state index in [1.807, 2.05) is 4.90 Å². The number of amides is 1. The van der Waals surface area contributed by atoms with Gasteiger partial charge in [0.15, 0.2) is 0 Å². The van der Waals surface area contributed by atoms with Crippen LogP contribution in [0.4, 0.5) is 5.69 Å². The average Bonchev–Trinajstić information content (AvgIpc) is 2.29. The summed E-state index contributed by atoms with van der Waals surface area (Å²) in [6, 6.07) is 1.69. The van der Waals surface area contributed by atoms with Gasteiger partial charge >= 0.3 is 0 Å². The molecule has 1 saturated heterocycles. The summed E-state index contributed by atoms with van der Waals surface area (Å²) in [7, 11) is 0. The van der Waals surface area contributed by atoms with E-state index in [1.165, 1.54) is 0 Å². The Bertz CT molecular complexity index is 384. The van der Waals surface area contributed by atoms with E-state index in [1.54, 1.807) is 18.5 Å². The minimum Gasteiger partial charge on any atom is -0.397 e. The number of nitrogen functional groups attached to an aromatic ring is 1. The van der Waals surface area contributed by atoms with Gasteiger partial charge in [-0.15, -0.1) is 0 Å². The number of nitrogens with two attached hydrogens (primary N) is 1. The first-order chi connectivity index (χ1) is 7.66. The lowest BCUT2D eigenvalue weighted by atomic mass is 9.99. The lowest BCUT2D eigenvalue weighted by molar-refractivity contribution is 0.0697. The second-order valence-corrected chi connectivity index (χ2v) is 4.48. The van der Waals surface area contributed by atoms with Gasteiger partial charge in [0, 0.05) is 25.5 Å². The molecule has 4 heteroatoms. The molecule has 1 amide bonds. The Morgan fingerprint density at radius 3 is 2.75 bits per heavy atom. The zero-order valence-electron chi connectivity index (χ0n) is 9.52. The van der Waals surface area contributed by atoms with Crippen LogP contribution in [0.15, 0.2) is 18.5 Å². The van der Waals surface area contributed by atoms with E-state index in [2.05, 4.69) is 11.9 Å². The molecule has 0 bridgehead atoms. The monoisotopic (exact) mass is 219 g/mol. The average molecular weight is 219 g/mol. The SMILES string of the molecule is CC1CCN(C(=O)c2cncc(N)c2)CC1. The van der Waals surface area contributed by atoms with E-state index in [4.69, 9.17) is 5.73 Å². The minimum absolute atomic E-state index is 0.0479. The van der Waals surface area contributed by atoms with E-state index < -0.39 is 0 Å². The van der Waals surface area contributed by atoms with Crippen LogP contribution in [0.5, 0.6) is 0 Å². The van der Waals surface area contributed by atoms with Crippen LogP contribution in [0.3, 0.4) is 0 Å².